The van der Waals surface area contributed by atoms with E-state index in [0.717, 1.165) is 15.6 Å². The summed E-state index contributed by atoms with van der Waals surface area (Å²) in [6, 6.07) is 15.8. The molecule has 0 saturated carbocycles. The monoisotopic (exact) mass is 383 g/mol. The van der Waals surface area contributed by atoms with Crippen molar-refractivity contribution in [1.29, 1.82) is 5.26 Å². The Labute approximate surface area is 148 Å². The predicted molar refractivity (Wildman–Crippen MR) is 91.7 cm³/mol. The van der Waals surface area contributed by atoms with Crippen LogP contribution in [-0.4, -0.2) is 16.8 Å². The minimum Gasteiger partial charge on any atom is -0.319 e. The van der Waals surface area contributed by atoms with Gasteiger partial charge in [-0.05, 0) is 42.3 Å². The second kappa shape index (κ2) is 6.10. The maximum atomic E-state index is 12.9. The summed E-state index contributed by atoms with van der Waals surface area (Å²) in [5, 5.41) is 11.6. The van der Waals surface area contributed by atoms with Gasteiger partial charge < -0.3 is 5.32 Å². The van der Waals surface area contributed by atoms with Gasteiger partial charge in [-0.2, -0.15) is 5.26 Å². The molecule has 2 aromatic carbocycles. The Morgan fingerprint density at radius 2 is 1.92 bits per heavy atom. The zero-order valence-electron chi connectivity index (χ0n) is 12.9. The number of hydrogen-bond acceptors (Lipinski definition) is 3. The van der Waals surface area contributed by atoms with Crippen LogP contribution in [0.4, 0.5) is 4.79 Å². The zero-order valence-corrected chi connectivity index (χ0v) is 14.5. The topological polar surface area (TPSA) is 73.2 Å². The average molecular weight is 384 g/mol. The van der Waals surface area contributed by atoms with Gasteiger partial charge in [0.05, 0.1) is 18.2 Å². The number of urea groups is 1. The molecule has 3 rings (SSSR count). The van der Waals surface area contributed by atoms with Gasteiger partial charge in [0.25, 0.3) is 5.91 Å². The van der Waals surface area contributed by atoms with E-state index in [1.165, 1.54) is 4.90 Å². The Bertz CT molecular complexity index is 857. The van der Waals surface area contributed by atoms with Gasteiger partial charge in [-0.25, -0.2) is 4.79 Å². The Balaban J connectivity index is 1.87. The third kappa shape index (κ3) is 2.79. The lowest BCUT2D eigenvalue weighted by molar-refractivity contribution is -0.131. The van der Waals surface area contributed by atoms with Crippen molar-refractivity contribution in [3.05, 3.63) is 69.7 Å². The van der Waals surface area contributed by atoms with Crippen LogP contribution in [0.3, 0.4) is 0 Å². The Morgan fingerprint density at radius 1 is 1.21 bits per heavy atom. The third-order valence-corrected chi connectivity index (χ3v) is 4.59. The van der Waals surface area contributed by atoms with Crippen LogP contribution in [0.5, 0.6) is 0 Å². The fraction of sp³-hybridized carbons (Fsp3) is 0.167. The van der Waals surface area contributed by atoms with Crippen LogP contribution in [0, 0.1) is 11.3 Å². The Morgan fingerprint density at radius 3 is 2.54 bits per heavy atom. The van der Waals surface area contributed by atoms with Gasteiger partial charge >= 0.3 is 6.03 Å². The molecule has 3 amide bonds. The van der Waals surface area contributed by atoms with E-state index in [1.807, 2.05) is 30.3 Å². The van der Waals surface area contributed by atoms with Crippen LogP contribution < -0.4 is 5.32 Å². The first-order valence-corrected chi connectivity index (χ1v) is 8.12. The van der Waals surface area contributed by atoms with Crippen molar-refractivity contribution in [3.63, 3.8) is 0 Å². The van der Waals surface area contributed by atoms with Crippen LogP contribution in [-0.2, 0) is 16.9 Å². The molecule has 1 atom stereocenters. The van der Waals surface area contributed by atoms with Gasteiger partial charge in [0, 0.05) is 4.47 Å². The highest BCUT2D eigenvalue weighted by atomic mass is 79.9. The van der Waals surface area contributed by atoms with E-state index in [0.29, 0.717) is 5.56 Å². The van der Waals surface area contributed by atoms with E-state index >= 15 is 0 Å². The first-order chi connectivity index (χ1) is 11.4. The lowest BCUT2D eigenvalue weighted by Gasteiger charge is -2.22. The second-order valence-corrected chi connectivity index (χ2v) is 6.68. The van der Waals surface area contributed by atoms with Crippen molar-refractivity contribution in [2.75, 3.05) is 0 Å². The van der Waals surface area contributed by atoms with Crippen LogP contribution in [0.25, 0.3) is 0 Å². The van der Waals surface area contributed by atoms with E-state index in [-0.39, 0.29) is 12.5 Å². The number of carbonyl (C=O) groups excluding carboxylic acids is 2. The second-order valence-electron chi connectivity index (χ2n) is 5.77. The normalized spacial score (nSPS) is 20.0. The van der Waals surface area contributed by atoms with Crippen LogP contribution >= 0.6 is 15.9 Å². The first-order valence-electron chi connectivity index (χ1n) is 7.33. The third-order valence-electron chi connectivity index (χ3n) is 4.10. The highest BCUT2D eigenvalue weighted by molar-refractivity contribution is 9.10. The molecule has 0 aromatic heterocycles. The van der Waals surface area contributed by atoms with Crippen molar-refractivity contribution in [1.82, 2.24) is 10.2 Å². The van der Waals surface area contributed by atoms with E-state index in [9.17, 15) is 9.59 Å². The summed E-state index contributed by atoms with van der Waals surface area (Å²) in [7, 11) is 0. The van der Waals surface area contributed by atoms with Crippen LogP contribution in [0.2, 0.25) is 0 Å². The standard InChI is InChI=1S/C18H14BrN3O2/c1-18(14-3-2-4-15(19)9-14)16(23)22(17(24)21-18)11-13-7-5-12(10-20)6-8-13/h2-9H,11H2,1H3,(H,21,24)/t18-/m0/s1. The predicted octanol–water partition coefficient (Wildman–Crippen LogP) is 3.29. The van der Waals surface area contributed by atoms with Gasteiger partial charge in [-0.1, -0.05) is 40.2 Å². The van der Waals surface area contributed by atoms with Crippen LogP contribution in [0.15, 0.2) is 53.0 Å². The highest BCUT2D eigenvalue weighted by Gasteiger charge is 2.48. The van der Waals surface area contributed by atoms with Crippen molar-refractivity contribution in [2.45, 2.75) is 19.0 Å². The number of benzene rings is 2. The molecule has 1 aliphatic rings. The number of hydrogen-bond donors (Lipinski definition) is 1. The lowest BCUT2D eigenvalue weighted by Crippen LogP contribution is -2.40. The molecule has 1 aliphatic heterocycles. The summed E-state index contributed by atoms with van der Waals surface area (Å²) in [5.41, 5.74) is 0.955. The highest BCUT2D eigenvalue weighted by Crippen LogP contribution is 2.31. The van der Waals surface area contributed by atoms with Gasteiger partial charge in [-0.15, -0.1) is 0 Å². The molecule has 0 bridgehead atoms. The van der Waals surface area contributed by atoms with Crippen LogP contribution in [0.1, 0.15) is 23.6 Å². The molecule has 24 heavy (non-hydrogen) atoms. The average Bonchev–Trinajstić information content (AvgIpc) is 2.80. The number of amides is 3. The van der Waals surface area contributed by atoms with Gasteiger partial charge in [-0.3, -0.25) is 9.69 Å². The summed E-state index contributed by atoms with van der Waals surface area (Å²) in [5.74, 6) is -0.296. The smallest absolute Gasteiger partial charge is 0.319 e. The number of nitriles is 1. The molecule has 0 spiro atoms. The van der Waals surface area contributed by atoms with Crippen molar-refractivity contribution >= 4 is 27.9 Å². The minimum absolute atomic E-state index is 0.167. The number of rotatable bonds is 3. The number of halogens is 1. The maximum absolute atomic E-state index is 12.9. The Kier molecular flexibility index (Phi) is 4.12. The van der Waals surface area contributed by atoms with Gasteiger partial charge in [0.1, 0.15) is 5.54 Å². The number of nitrogens with one attached hydrogen (secondary N) is 1. The molecule has 0 radical (unpaired) electrons. The van der Waals surface area contributed by atoms with Gasteiger partial charge in [0.15, 0.2) is 0 Å². The summed E-state index contributed by atoms with van der Waals surface area (Å²) in [6.45, 7) is 1.87. The van der Waals surface area contributed by atoms with E-state index < -0.39 is 11.6 Å². The molecule has 1 N–H and O–H groups in total. The lowest BCUT2D eigenvalue weighted by atomic mass is 9.92. The van der Waals surface area contributed by atoms with Crippen molar-refractivity contribution in [2.24, 2.45) is 0 Å². The molecular weight excluding hydrogens is 370 g/mol. The number of imide groups is 1. The molecule has 1 fully saturated rings. The fourth-order valence-corrected chi connectivity index (χ4v) is 3.10. The van der Waals surface area contributed by atoms with Crippen molar-refractivity contribution in [3.8, 4) is 6.07 Å². The summed E-state index contributed by atoms with van der Waals surface area (Å²) >= 11 is 3.39. The first kappa shape index (κ1) is 16.2. The summed E-state index contributed by atoms with van der Waals surface area (Å²) in [4.78, 5) is 26.4. The molecule has 5 nitrogen and oxygen atoms in total. The summed E-state index contributed by atoms with van der Waals surface area (Å²) in [6.07, 6.45) is 0. The summed E-state index contributed by atoms with van der Waals surface area (Å²) < 4.78 is 0.841. The number of nitrogens with zero attached hydrogens (tertiary/aromatic N) is 2. The maximum Gasteiger partial charge on any atom is 0.325 e. The molecule has 0 aliphatic carbocycles. The fourth-order valence-electron chi connectivity index (χ4n) is 2.70. The van der Waals surface area contributed by atoms with E-state index in [1.54, 1.807) is 31.2 Å². The SMILES string of the molecule is C[C@@]1(c2cccc(Br)c2)NC(=O)N(Cc2ccc(C#N)cc2)C1=O. The van der Waals surface area contributed by atoms with Gasteiger partial charge in [0.2, 0.25) is 0 Å². The Hall–Kier alpha value is -2.65. The molecule has 2 aromatic rings. The molecule has 1 heterocycles. The van der Waals surface area contributed by atoms with E-state index in [2.05, 4.69) is 21.2 Å². The van der Waals surface area contributed by atoms with Crippen molar-refractivity contribution < 1.29 is 9.59 Å². The van der Waals surface area contributed by atoms with E-state index in [4.69, 9.17) is 5.26 Å². The molecular formula is C18H14BrN3O2. The largest absolute Gasteiger partial charge is 0.325 e. The molecule has 6 heteroatoms. The zero-order chi connectivity index (χ0) is 17.3. The number of carbonyl (C=O) groups is 2. The molecule has 1 saturated heterocycles. The molecule has 120 valence electrons. The quantitative estimate of drug-likeness (QED) is 0.826. The minimum atomic E-state index is -1.09. The molecule has 0 unspecified atom stereocenters.